The summed E-state index contributed by atoms with van der Waals surface area (Å²) in [7, 11) is 1.71. The minimum absolute atomic E-state index is 0.0305. The Kier molecular flexibility index (Phi) is 6.53. The summed E-state index contributed by atoms with van der Waals surface area (Å²) in [5.74, 6) is 0.754. The molecule has 0 aromatic carbocycles. The summed E-state index contributed by atoms with van der Waals surface area (Å²) in [5, 5.41) is 8.81. The summed E-state index contributed by atoms with van der Waals surface area (Å²) in [6, 6.07) is 3.59. The fraction of sp³-hybridized carbons (Fsp3) is 0.583. The monoisotopic (exact) mass is 225 g/mol. The lowest BCUT2D eigenvalue weighted by molar-refractivity contribution is 0.189. The maximum absolute atomic E-state index is 8.81. The number of aliphatic hydroxyl groups excluding tert-OH is 1. The molecule has 1 N–H and O–H groups in total. The number of ether oxygens (including phenoxy) is 2. The van der Waals surface area contributed by atoms with Gasteiger partial charge in [0, 0.05) is 13.7 Å². The highest BCUT2D eigenvalue weighted by atomic mass is 16.5. The Bertz CT molecular complexity index is 274. The first kappa shape index (κ1) is 12.9. The van der Waals surface area contributed by atoms with Crippen molar-refractivity contribution < 1.29 is 14.6 Å². The molecule has 0 saturated carbocycles. The summed E-state index contributed by atoms with van der Waals surface area (Å²) >= 11 is 0. The normalized spacial score (nSPS) is 10.4. The largest absolute Gasteiger partial charge is 0.492 e. The molecule has 90 valence electrons. The number of aromatic nitrogens is 1. The van der Waals surface area contributed by atoms with Gasteiger partial charge >= 0.3 is 0 Å². The lowest BCUT2D eigenvalue weighted by Gasteiger charge is -2.05. The highest BCUT2D eigenvalue weighted by molar-refractivity contribution is 5.19. The van der Waals surface area contributed by atoms with E-state index in [0.717, 1.165) is 31.6 Å². The first-order chi connectivity index (χ1) is 7.86. The molecule has 0 aliphatic carbocycles. The third-order valence-electron chi connectivity index (χ3n) is 2.22. The van der Waals surface area contributed by atoms with Crippen molar-refractivity contribution in [1.82, 2.24) is 4.98 Å². The molecule has 0 unspecified atom stereocenters. The maximum atomic E-state index is 8.81. The van der Waals surface area contributed by atoms with E-state index in [1.807, 2.05) is 6.07 Å². The number of aliphatic hydroxyl groups is 1. The third-order valence-corrected chi connectivity index (χ3v) is 2.22. The van der Waals surface area contributed by atoms with Gasteiger partial charge in [-0.1, -0.05) is 0 Å². The van der Waals surface area contributed by atoms with Crippen LogP contribution in [0.4, 0.5) is 0 Å². The number of rotatable bonds is 8. The second-order valence-electron chi connectivity index (χ2n) is 3.55. The zero-order valence-electron chi connectivity index (χ0n) is 9.69. The Morgan fingerprint density at radius 1 is 1.19 bits per heavy atom. The van der Waals surface area contributed by atoms with E-state index in [1.165, 1.54) is 0 Å². The molecule has 0 aliphatic rings. The van der Waals surface area contributed by atoms with Crippen molar-refractivity contribution >= 4 is 0 Å². The fourth-order valence-electron chi connectivity index (χ4n) is 1.31. The summed E-state index contributed by atoms with van der Waals surface area (Å²) < 4.78 is 10.5. The van der Waals surface area contributed by atoms with Gasteiger partial charge in [0.2, 0.25) is 0 Å². The van der Waals surface area contributed by atoms with Gasteiger partial charge in [0.05, 0.1) is 25.1 Å². The van der Waals surface area contributed by atoms with E-state index >= 15 is 0 Å². The van der Waals surface area contributed by atoms with Gasteiger partial charge in [0.25, 0.3) is 0 Å². The first-order valence-corrected chi connectivity index (χ1v) is 5.54. The van der Waals surface area contributed by atoms with Crippen molar-refractivity contribution in [3.05, 3.63) is 24.0 Å². The molecule has 0 bridgehead atoms. The van der Waals surface area contributed by atoms with Gasteiger partial charge in [-0.15, -0.1) is 0 Å². The molecular formula is C12H19NO3. The molecule has 1 rings (SSSR count). The van der Waals surface area contributed by atoms with Gasteiger partial charge in [-0.3, -0.25) is 4.98 Å². The molecule has 4 heteroatoms. The summed E-state index contributed by atoms with van der Waals surface area (Å²) in [6.07, 6.45) is 4.84. The Morgan fingerprint density at radius 2 is 2.00 bits per heavy atom. The van der Waals surface area contributed by atoms with Crippen LogP contribution < -0.4 is 4.74 Å². The molecule has 0 fully saturated rings. The molecule has 0 amide bonds. The van der Waals surface area contributed by atoms with E-state index in [2.05, 4.69) is 4.98 Å². The lowest BCUT2D eigenvalue weighted by atomic mass is 10.2. The number of hydrogen-bond donors (Lipinski definition) is 1. The Balaban J connectivity index is 2.12. The summed E-state index contributed by atoms with van der Waals surface area (Å²) in [4.78, 5) is 4.03. The van der Waals surface area contributed by atoms with Gasteiger partial charge in [-0.25, -0.2) is 0 Å². The third kappa shape index (κ3) is 5.09. The number of pyridine rings is 1. The Hall–Kier alpha value is -1.13. The fourth-order valence-corrected chi connectivity index (χ4v) is 1.31. The number of unbranched alkanes of at least 4 members (excludes halogenated alkanes) is 2. The van der Waals surface area contributed by atoms with E-state index in [9.17, 15) is 0 Å². The van der Waals surface area contributed by atoms with Crippen LogP contribution in [0.5, 0.6) is 5.75 Å². The van der Waals surface area contributed by atoms with Gasteiger partial charge in [-0.2, -0.15) is 0 Å². The van der Waals surface area contributed by atoms with Crippen LogP contribution in [0.3, 0.4) is 0 Å². The van der Waals surface area contributed by atoms with Gasteiger partial charge in [0.15, 0.2) is 0 Å². The quantitative estimate of drug-likeness (QED) is 0.685. The highest BCUT2D eigenvalue weighted by Crippen LogP contribution is 2.10. The van der Waals surface area contributed by atoms with Crippen LogP contribution in [-0.4, -0.2) is 30.4 Å². The van der Waals surface area contributed by atoms with Gasteiger partial charge in [0.1, 0.15) is 5.75 Å². The van der Waals surface area contributed by atoms with E-state index in [4.69, 9.17) is 14.6 Å². The molecular weight excluding hydrogens is 206 g/mol. The van der Waals surface area contributed by atoms with Crippen molar-refractivity contribution in [2.75, 3.05) is 20.3 Å². The molecule has 0 saturated heterocycles. The molecule has 1 aromatic rings. The van der Waals surface area contributed by atoms with Crippen LogP contribution in [0.25, 0.3) is 0 Å². The smallest absolute Gasteiger partial charge is 0.137 e. The topological polar surface area (TPSA) is 51.6 Å². The standard InChI is InChI=1S/C12H19NO3/c1-15-7-3-2-4-8-16-12-6-5-11(10-14)13-9-12/h5-6,9,14H,2-4,7-8,10H2,1H3. The van der Waals surface area contributed by atoms with Gasteiger partial charge in [-0.05, 0) is 31.4 Å². The van der Waals surface area contributed by atoms with Crippen molar-refractivity contribution in [2.45, 2.75) is 25.9 Å². The van der Waals surface area contributed by atoms with Crippen molar-refractivity contribution in [1.29, 1.82) is 0 Å². The molecule has 0 aliphatic heterocycles. The van der Waals surface area contributed by atoms with E-state index in [0.29, 0.717) is 12.3 Å². The number of nitrogens with zero attached hydrogens (tertiary/aromatic N) is 1. The van der Waals surface area contributed by atoms with Crippen molar-refractivity contribution in [3.8, 4) is 5.75 Å². The van der Waals surface area contributed by atoms with E-state index in [-0.39, 0.29) is 6.61 Å². The van der Waals surface area contributed by atoms with Crippen LogP contribution in [0.15, 0.2) is 18.3 Å². The second kappa shape index (κ2) is 8.07. The van der Waals surface area contributed by atoms with Crippen LogP contribution in [-0.2, 0) is 11.3 Å². The van der Waals surface area contributed by atoms with Crippen LogP contribution in [0.1, 0.15) is 25.0 Å². The zero-order valence-corrected chi connectivity index (χ0v) is 9.69. The van der Waals surface area contributed by atoms with Crippen LogP contribution >= 0.6 is 0 Å². The Morgan fingerprint density at radius 3 is 2.62 bits per heavy atom. The van der Waals surface area contributed by atoms with E-state index < -0.39 is 0 Å². The average molecular weight is 225 g/mol. The number of hydrogen-bond acceptors (Lipinski definition) is 4. The van der Waals surface area contributed by atoms with Crippen molar-refractivity contribution in [3.63, 3.8) is 0 Å². The first-order valence-electron chi connectivity index (χ1n) is 5.54. The average Bonchev–Trinajstić information content (AvgIpc) is 2.34. The summed E-state index contributed by atoms with van der Waals surface area (Å²) in [6.45, 7) is 1.48. The molecule has 0 radical (unpaired) electrons. The van der Waals surface area contributed by atoms with E-state index in [1.54, 1.807) is 19.4 Å². The van der Waals surface area contributed by atoms with Crippen LogP contribution in [0, 0.1) is 0 Å². The molecule has 1 aromatic heterocycles. The van der Waals surface area contributed by atoms with Gasteiger partial charge < -0.3 is 14.6 Å². The zero-order chi connectivity index (χ0) is 11.6. The molecule has 0 atom stereocenters. The predicted molar refractivity (Wildman–Crippen MR) is 61.4 cm³/mol. The molecule has 4 nitrogen and oxygen atoms in total. The number of methoxy groups -OCH3 is 1. The van der Waals surface area contributed by atoms with Crippen LogP contribution in [0.2, 0.25) is 0 Å². The molecule has 16 heavy (non-hydrogen) atoms. The summed E-state index contributed by atoms with van der Waals surface area (Å²) in [5.41, 5.74) is 0.660. The predicted octanol–water partition coefficient (Wildman–Crippen LogP) is 1.77. The molecule has 0 spiro atoms. The lowest BCUT2D eigenvalue weighted by Crippen LogP contribution is -1.99. The minimum Gasteiger partial charge on any atom is -0.492 e. The molecule has 1 heterocycles. The minimum atomic E-state index is -0.0305. The maximum Gasteiger partial charge on any atom is 0.137 e. The Labute approximate surface area is 96.2 Å². The second-order valence-corrected chi connectivity index (χ2v) is 3.55. The highest BCUT2D eigenvalue weighted by Gasteiger charge is 1.96. The SMILES string of the molecule is COCCCCCOc1ccc(CO)nc1. The van der Waals surface area contributed by atoms with Crippen molar-refractivity contribution in [2.24, 2.45) is 0 Å².